The summed E-state index contributed by atoms with van der Waals surface area (Å²) in [6.07, 6.45) is 6.47. The standard InChI is InChI=1S/C35H54N2O8S/c1-5-7-18-35(19-8-6-2)25-46(43,44)30-17-14-27(36(3)4)22-29(30)33(34(35)42)26-12-15-28(16-13-26)45-21-11-9-10-20-37(23-31(38)39)24-32(40)41/h12-17,22,33-34,42-44H,5-11,18-21,23-25H2,1-4H3,(H,38,39)(H,40,41). The van der Waals surface area contributed by atoms with Gasteiger partial charge in [0.1, 0.15) is 5.75 Å². The van der Waals surface area contributed by atoms with E-state index >= 15 is 0 Å². The highest BCUT2D eigenvalue weighted by Gasteiger charge is 2.49. The molecule has 0 aromatic heterocycles. The van der Waals surface area contributed by atoms with Crippen LogP contribution in [0.25, 0.3) is 0 Å². The lowest BCUT2D eigenvalue weighted by molar-refractivity contribution is -0.141. The van der Waals surface area contributed by atoms with Crippen LogP contribution >= 0.6 is 10.6 Å². The number of nitrogens with zero attached hydrogens (tertiary/aromatic N) is 2. The highest BCUT2D eigenvalue weighted by Crippen LogP contribution is 2.62. The Balaban J connectivity index is 1.82. The summed E-state index contributed by atoms with van der Waals surface area (Å²) in [4.78, 5) is 25.9. The lowest BCUT2D eigenvalue weighted by Crippen LogP contribution is -2.42. The van der Waals surface area contributed by atoms with Crippen molar-refractivity contribution in [1.29, 1.82) is 0 Å². The third-order valence-corrected chi connectivity index (χ3v) is 11.1. The first-order valence-corrected chi connectivity index (χ1v) is 18.2. The van der Waals surface area contributed by atoms with Gasteiger partial charge in [0.15, 0.2) is 0 Å². The number of aliphatic hydroxyl groups is 1. The number of carboxylic acid groups (broad SMARTS) is 2. The van der Waals surface area contributed by atoms with Crippen LogP contribution in [0.2, 0.25) is 0 Å². The first-order chi connectivity index (χ1) is 21.8. The molecule has 5 N–H and O–H groups in total. The van der Waals surface area contributed by atoms with Crippen LogP contribution in [-0.2, 0) is 9.59 Å². The smallest absolute Gasteiger partial charge is 0.317 e. The summed E-state index contributed by atoms with van der Waals surface area (Å²) >= 11 is 0. The van der Waals surface area contributed by atoms with E-state index in [-0.39, 0.29) is 18.8 Å². The Morgan fingerprint density at radius 2 is 1.50 bits per heavy atom. The molecule has 46 heavy (non-hydrogen) atoms. The first-order valence-electron chi connectivity index (χ1n) is 16.5. The number of aliphatic carboxylic acids is 2. The second-order valence-electron chi connectivity index (χ2n) is 12.9. The normalized spacial score (nSPS) is 19.2. The van der Waals surface area contributed by atoms with Gasteiger partial charge in [0.25, 0.3) is 0 Å². The molecule has 1 aliphatic rings. The molecule has 0 spiro atoms. The summed E-state index contributed by atoms with van der Waals surface area (Å²) in [6, 6.07) is 13.4. The average molecular weight is 663 g/mol. The maximum atomic E-state index is 12.4. The van der Waals surface area contributed by atoms with Crippen LogP contribution in [0, 0.1) is 5.41 Å². The maximum absolute atomic E-state index is 12.4. The minimum absolute atomic E-state index is 0.150. The predicted molar refractivity (Wildman–Crippen MR) is 184 cm³/mol. The van der Waals surface area contributed by atoms with Crippen LogP contribution in [0.5, 0.6) is 5.75 Å². The Hall–Kier alpha value is -2.83. The van der Waals surface area contributed by atoms with Gasteiger partial charge in [0.2, 0.25) is 0 Å². The summed E-state index contributed by atoms with van der Waals surface area (Å²) in [5.74, 6) is -1.72. The quantitative estimate of drug-likeness (QED) is 0.102. The molecule has 2 unspecified atom stereocenters. The van der Waals surface area contributed by atoms with Crippen LogP contribution in [0.4, 0.5) is 5.69 Å². The predicted octanol–water partition coefficient (Wildman–Crippen LogP) is 6.76. The van der Waals surface area contributed by atoms with E-state index in [0.717, 1.165) is 68.2 Å². The number of unbranched alkanes of at least 4 members (excludes halogenated alkanes) is 4. The van der Waals surface area contributed by atoms with Gasteiger partial charge in [-0.25, -0.2) is 0 Å². The molecule has 0 bridgehead atoms. The minimum atomic E-state index is -3.17. The number of carbonyl (C=O) groups is 2. The van der Waals surface area contributed by atoms with Crippen molar-refractivity contribution in [2.24, 2.45) is 5.41 Å². The number of aliphatic hydroxyl groups excluding tert-OH is 1. The fourth-order valence-electron chi connectivity index (χ4n) is 6.60. The molecule has 0 saturated carbocycles. The maximum Gasteiger partial charge on any atom is 0.317 e. The van der Waals surface area contributed by atoms with E-state index in [4.69, 9.17) is 14.9 Å². The first kappa shape index (κ1) is 37.6. The monoisotopic (exact) mass is 662 g/mol. The highest BCUT2D eigenvalue weighted by molar-refractivity contribution is 8.24. The molecule has 2 aromatic carbocycles. The molecule has 3 rings (SSSR count). The van der Waals surface area contributed by atoms with E-state index in [2.05, 4.69) is 13.8 Å². The van der Waals surface area contributed by atoms with Crippen LogP contribution in [0.3, 0.4) is 0 Å². The topological polar surface area (TPSA) is 151 Å². The Morgan fingerprint density at radius 1 is 0.891 bits per heavy atom. The summed E-state index contributed by atoms with van der Waals surface area (Å²) in [5, 5.41) is 30.4. The lowest BCUT2D eigenvalue weighted by Gasteiger charge is -2.44. The lowest BCUT2D eigenvalue weighted by atomic mass is 9.68. The summed E-state index contributed by atoms with van der Waals surface area (Å²) in [7, 11) is 0.722. The van der Waals surface area contributed by atoms with E-state index < -0.39 is 40.0 Å². The number of hydrogen-bond acceptors (Lipinski definition) is 8. The molecule has 1 aliphatic heterocycles. The van der Waals surface area contributed by atoms with Gasteiger partial charge in [-0.2, -0.15) is 10.6 Å². The Labute approximate surface area is 275 Å². The fraction of sp³-hybridized carbons (Fsp3) is 0.600. The summed E-state index contributed by atoms with van der Waals surface area (Å²) in [6.45, 7) is 4.48. The van der Waals surface area contributed by atoms with Crippen molar-refractivity contribution in [3.05, 3.63) is 53.6 Å². The van der Waals surface area contributed by atoms with Crippen molar-refractivity contribution in [2.75, 3.05) is 51.0 Å². The third kappa shape index (κ3) is 10.1. The molecule has 0 saturated heterocycles. The average Bonchev–Trinajstić information content (AvgIpc) is 3.06. The van der Waals surface area contributed by atoms with Crippen LogP contribution in [0.1, 0.15) is 88.7 Å². The molecule has 0 fully saturated rings. The van der Waals surface area contributed by atoms with Crippen molar-refractivity contribution in [3.8, 4) is 5.75 Å². The highest BCUT2D eigenvalue weighted by atomic mass is 32.3. The van der Waals surface area contributed by atoms with E-state index in [1.165, 1.54) is 4.90 Å². The number of fused-ring (bicyclic) bond motifs is 1. The molecule has 0 aliphatic carbocycles. The van der Waals surface area contributed by atoms with Crippen LogP contribution in [-0.4, -0.2) is 93.5 Å². The number of benzene rings is 2. The van der Waals surface area contributed by atoms with Gasteiger partial charge in [-0.1, -0.05) is 51.7 Å². The molecule has 2 aromatic rings. The second-order valence-corrected chi connectivity index (χ2v) is 15.0. The minimum Gasteiger partial charge on any atom is -0.494 e. The SMILES string of the molecule is CCCCC1(CCCC)CS(O)(O)c2ccc(N(C)C)cc2C(c2ccc(OCCCCCN(CC(=O)O)CC(=O)O)cc2)C1O. The number of ether oxygens (including phenoxy) is 1. The summed E-state index contributed by atoms with van der Waals surface area (Å²) in [5.41, 5.74) is 1.92. The van der Waals surface area contributed by atoms with Crippen LogP contribution < -0.4 is 9.64 Å². The second kappa shape index (κ2) is 17.4. The van der Waals surface area contributed by atoms with Gasteiger partial charge in [0, 0.05) is 31.1 Å². The van der Waals surface area contributed by atoms with Gasteiger partial charge < -0.3 is 25.0 Å². The molecular weight excluding hydrogens is 608 g/mol. The summed E-state index contributed by atoms with van der Waals surface area (Å²) < 4.78 is 29.4. The van der Waals surface area contributed by atoms with Gasteiger partial charge >= 0.3 is 11.9 Å². The Bertz CT molecular complexity index is 1250. The zero-order valence-electron chi connectivity index (χ0n) is 27.9. The molecule has 0 amide bonds. The molecule has 11 heteroatoms. The van der Waals surface area contributed by atoms with Gasteiger partial charge in [-0.05, 0) is 80.1 Å². The molecule has 0 radical (unpaired) electrons. The molecule has 10 nitrogen and oxygen atoms in total. The van der Waals surface area contributed by atoms with E-state index in [1.54, 1.807) is 0 Å². The molecule has 1 heterocycles. The number of rotatable bonds is 19. The third-order valence-electron chi connectivity index (χ3n) is 9.03. The Morgan fingerprint density at radius 3 is 2.04 bits per heavy atom. The van der Waals surface area contributed by atoms with Crippen molar-refractivity contribution in [1.82, 2.24) is 4.90 Å². The fourth-order valence-corrected chi connectivity index (χ4v) is 8.87. The van der Waals surface area contributed by atoms with Crippen LogP contribution in [0.15, 0.2) is 47.4 Å². The van der Waals surface area contributed by atoms with Gasteiger partial charge in [-0.3, -0.25) is 23.6 Å². The Kier molecular flexibility index (Phi) is 14.2. The number of anilines is 1. The van der Waals surface area contributed by atoms with E-state index in [0.29, 0.717) is 30.2 Å². The van der Waals surface area contributed by atoms with Gasteiger partial charge in [0.05, 0.1) is 36.4 Å². The molecule has 2 atom stereocenters. The van der Waals surface area contributed by atoms with Crippen molar-refractivity contribution in [2.45, 2.75) is 88.6 Å². The zero-order valence-corrected chi connectivity index (χ0v) is 28.7. The molecular formula is C35H54N2O8S. The number of hydrogen-bond donors (Lipinski definition) is 5. The van der Waals surface area contributed by atoms with Gasteiger partial charge in [-0.15, -0.1) is 0 Å². The van der Waals surface area contributed by atoms with Crippen molar-refractivity contribution < 1.29 is 38.8 Å². The zero-order chi connectivity index (χ0) is 33.9. The van der Waals surface area contributed by atoms with Crippen molar-refractivity contribution >= 4 is 28.2 Å². The largest absolute Gasteiger partial charge is 0.494 e. The van der Waals surface area contributed by atoms with E-state index in [9.17, 15) is 23.8 Å². The van der Waals surface area contributed by atoms with Crippen molar-refractivity contribution in [3.63, 3.8) is 0 Å². The molecule has 258 valence electrons. The van der Waals surface area contributed by atoms with E-state index in [1.807, 2.05) is 61.5 Å². The number of carboxylic acids is 2.